The van der Waals surface area contributed by atoms with E-state index in [9.17, 15) is 9.59 Å². The van der Waals surface area contributed by atoms with Crippen molar-refractivity contribution in [2.45, 2.75) is 39.3 Å². The molecule has 0 aliphatic carbocycles. The van der Waals surface area contributed by atoms with Gasteiger partial charge in [-0.2, -0.15) is 0 Å². The Hall–Kier alpha value is -3.02. The molecule has 1 saturated heterocycles. The molecule has 154 valence electrons. The molecular weight excluding hydrogens is 368 g/mol. The van der Waals surface area contributed by atoms with Gasteiger partial charge < -0.3 is 19.7 Å². The number of benzene rings is 2. The molecule has 0 atom stereocenters. The molecule has 0 unspecified atom stereocenters. The third kappa shape index (κ3) is 6.24. The van der Waals surface area contributed by atoms with E-state index in [-0.39, 0.29) is 31.3 Å². The molecule has 0 bridgehead atoms. The van der Waals surface area contributed by atoms with Gasteiger partial charge in [-0.1, -0.05) is 36.4 Å². The van der Waals surface area contributed by atoms with Crippen LogP contribution in [-0.2, 0) is 16.1 Å². The third-order valence-electron chi connectivity index (χ3n) is 5.17. The van der Waals surface area contributed by atoms with Crippen molar-refractivity contribution in [3.05, 3.63) is 65.2 Å². The molecule has 6 nitrogen and oxygen atoms in total. The highest BCUT2D eigenvalue weighted by Crippen LogP contribution is 2.16. The van der Waals surface area contributed by atoms with Crippen molar-refractivity contribution in [2.75, 3.05) is 19.7 Å². The van der Waals surface area contributed by atoms with Crippen molar-refractivity contribution >= 4 is 12.0 Å². The van der Waals surface area contributed by atoms with E-state index in [2.05, 4.69) is 5.32 Å². The Morgan fingerprint density at radius 1 is 1.03 bits per heavy atom. The average molecular weight is 396 g/mol. The molecule has 0 saturated carbocycles. The van der Waals surface area contributed by atoms with Crippen LogP contribution >= 0.6 is 0 Å². The van der Waals surface area contributed by atoms with Crippen molar-refractivity contribution in [1.82, 2.24) is 10.2 Å². The number of nitrogens with zero attached hydrogens (tertiary/aromatic N) is 1. The lowest BCUT2D eigenvalue weighted by Crippen LogP contribution is -2.47. The van der Waals surface area contributed by atoms with E-state index < -0.39 is 0 Å². The summed E-state index contributed by atoms with van der Waals surface area (Å²) in [6.45, 7) is 5.44. The standard InChI is InChI=1S/C23H28N2O4/c1-17-8-9-21(14-18(17)2)28-16-22(26)24-20-10-12-25(13-11-20)23(27)29-15-19-6-4-3-5-7-19/h3-9,14,20H,10-13,15-16H2,1-2H3,(H,24,26). The molecule has 0 aromatic heterocycles. The van der Waals surface area contributed by atoms with Crippen LogP contribution in [0.5, 0.6) is 5.75 Å². The van der Waals surface area contributed by atoms with Gasteiger partial charge in [0.15, 0.2) is 6.61 Å². The first kappa shape index (κ1) is 20.7. The van der Waals surface area contributed by atoms with Crippen LogP contribution in [0, 0.1) is 13.8 Å². The van der Waals surface area contributed by atoms with Crippen molar-refractivity contribution in [3.63, 3.8) is 0 Å². The Morgan fingerprint density at radius 2 is 1.76 bits per heavy atom. The van der Waals surface area contributed by atoms with E-state index in [1.54, 1.807) is 4.90 Å². The first-order valence-electron chi connectivity index (χ1n) is 9.96. The van der Waals surface area contributed by atoms with Crippen LogP contribution in [0.4, 0.5) is 4.79 Å². The lowest BCUT2D eigenvalue weighted by atomic mass is 10.1. The predicted molar refractivity (Wildman–Crippen MR) is 111 cm³/mol. The minimum atomic E-state index is -0.309. The summed E-state index contributed by atoms with van der Waals surface area (Å²) in [5.41, 5.74) is 3.29. The fourth-order valence-corrected chi connectivity index (χ4v) is 3.24. The molecule has 1 aliphatic heterocycles. The molecule has 2 aromatic rings. The summed E-state index contributed by atoms with van der Waals surface area (Å²) in [6, 6.07) is 15.4. The van der Waals surface area contributed by atoms with Gasteiger partial charge in [-0.25, -0.2) is 4.79 Å². The summed E-state index contributed by atoms with van der Waals surface area (Å²) in [5.74, 6) is 0.549. The number of amides is 2. The maximum absolute atomic E-state index is 12.2. The van der Waals surface area contributed by atoms with Gasteiger partial charge in [-0.05, 0) is 55.5 Å². The smallest absolute Gasteiger partial charge is 0.410 e. The second-order valence-electron chi connectivity index (χ2n) is 7.40. The molecule has 2 aromatic carbocycles. The molecule has 0 radical (unpaired) electrons. The van der Waals surface area contributed by atoms with Gasteiger partial charge in [0.25, 0.3) is 5.91 Å². The van der Waals surface area contributed by atoms with Gasteiger partial charge in [0.2, 0.25) is 0 Å². The molecule has 1 N–H and O–H groups in total. The number of rotatable bonds is 6. The molecule has 1 heterocycles. The Bertz CT molecular complexity index is 830. The Morgan fingerprint density at radius 3 is 2.45 bits per heavy atom. The van der Waals surface area contributed by atoms with Crippen LogP contribution in [0.2, 0.25) is 0 Å². The van der Waals surface area contributed by atoms with Crippen molar-refractivity contribution in [1.29, 1.82) is 0 Å². The highest BCUT2D eigenvalue weighted by Gasteiger charge is 2.24. The van der Waals surface area contributed by atoms with Gasteiger partial charge >= 0.3 is 6.09 Å². The van der Waals surface area contributed by atoms with E-state index in [0.717, 1.165) is 11.1 Å². The van der Waals surface area contributed by atoms with E-state index in [4.69, 9.17) is 9.47 Å². The molecule has 2 amide bonds. The Balaban J connectivity index is 1.36. The largest absolute Gasteiger partial charge is 0.484 e. The molecular formula is C23H28N2O4. The first-order chi connectivity index (χ1) is 14.0. The number of carbonyl (C=O) groups is 2. The molecule has 1 fully saturated rings. The van der Waals surface area contributed by atoms with Gasteiger partial charge in [-0.3, -0.25) is 4.79 Å². The fraction of sp³-hybridized carbons (Fsp3) is 0.391. The summed E-state index contributed by atoms with van der Waals surface area (Å²) >= 11 is 0. The van der Waals surface area contributed by atoms with Crippen LogP contribution in [-0.4, -0.2) is 42.6 Å². The number of aryl methyl sites for hydroxylation is 2. The van der Waals surface area contributed by atoms with E-state index in [0.29, 0.717) is 31.7 Å². The van der Waals surface area contributed by atoms with Gasteiger partial charge in [-0.15, -0.1) is 0 Å². The van der Waals surface area contributed by atoms with Gasteiger partial charge in [0.05, 0.1) is 0 Å². The molecule has 3 rings (SSSR count). The first-order valence-corrected chi connectivity index (χ1v) is 9.96. The SMILES string of the molecule is Cc1ccc(OCC(=O)NC2CCN(C(=O)OCc3ccccc3)CC2)cc1C. The summed E-state index contributed by atoms with van der Waals surface area (Å²) in [5, 5.41) is 2.99. The Kier molecular flexibility index (Phi) is 7.11. The number of likely N-dealkylation sites (tertiary alicyclic amines) is 1. The minimum Gasteiger partial charge on any atom is -0.484 e. The van der Waals surface area contributed by atoms with Gasteiger partial charge in [0, 0.05) is 19.1 Å². The lowest BCUT2D eigenvalue weighted by Gasteiger charge is -2.31. The normalized spacial score (nSPS) is 14.3. The monoisotopic (exact) mass is 396 g/mol. The maximum Gasteiger partial charge on any atom is 0.410 e. The summed E-state index contributed by atoms with van der Waals surface area (Å²) in [4.78, 5) is 26.1. The quantitative estimate of drug-likeness (QED) is 0.810. The summed E-state index contributed by atoms with van der Waals surface area (Å²) in [6.07, 6.45) is 1.10. The van der Waals surface area contributed by atoms with E-state index in [1.165, 1.54) is 5.56 Å². The highest BCUT2D eigenvalue weighted by molar-refractivity contribution is 5.78. The van der Waals surface area contributed by atoms with Crippen LogP contribution in [0.15, 0.2) is 48.5 Å². The summed E-state index contributed by atoms with van der Waals surface area (Å²) in [7, 11) is 0. The van der Waals surface area contributed by atoms with Crippen molar-refractivity contribution in [2.24, 2.45) is 0 Å². The van der Waals surface area contributed by atoms with Gasteiger partial charge in [0.1, 0.15) is 12.4 Å². The van der Waals surface area contributed by atoms with Crippen molar-refractivity contribution < 1.29 is 19.1 Å². The molecule has 0 spiro atoms. The molecule has 29 heavy (non-hydrogen) atoms. The number of hydrogen-bond donors (Lipinski definition) is 1. The number of carbonyl (C=O) groups excluding carboxylic acids is 2. The zero-order valence-electron chi connectivity index (χ0n) is 17.0. The Labute approximate surface area is 171 Å². The maximum atomic E-state index is 12.2. The molecule has 6 heteroatoms. The topological polar surface area (TPSA) is 67.9 Å². The number of piperidine rings is 1. The predicted octanol–water partition coefficient (Wildman–Crippen LogP) is 3.60. The number of hydrogen-bond acceptors (Lipinski definition) is 4. The second-order valence-corrected chi connectivity index (χ2v) is 7.40. The highest BCUT2D eigenvalue weighted by atomic mass is 16.6. The minimum absolute atomic E-state index is 0.0121. The zero-order chi connectivity index (χ0) is 20.6. The van der Waals surface area contributed by atoms with E-state index >= 15 is 0 Å². The molecule has 1 aliphatic rings. The average Bonchev–Trinajstić information content (AvgIpc) is 2.74. The third-order valence-corrected chi connectivity index (χ3v) is 5.17. The zero-order valence-corrected chi connectivity index (χ0v) is 17.0. The van der Waals surface area contributed by atoms with Crippen LogP contribution in [0.3, 0.4) is 0 Å². The van der Waals surface area contributed by atoms with Crippen LogP contribution < -0.4 is 10.1 Å². The van der Waals surface area contributed by atoms with Crippen molar-refractivity contribution in [3.8, 4) is 5.75 Å². The van der Waals surface area contributed by atoms with E-state index in [1.807, 2.05) is 62.4 Å². The fourth-order valence-electron chi connectivity index (χ4n) is 3.24. The lowest BCUT2D eigenvalue weighted by molar-refractivity contribution is -0.124. The number of nitrogens with one attached hydrogen (secondary N) is 1. The number of ether oxygens (including phenoxy) is 2. The van der Waals surface area contributed by atoms with Crippen LogP contribution in [0.1, 0.15) is 29.5 Å². The summed E-state index contributed by atoms with van der Waals surface area (Å²) < 4.78 is 11.0. The second kappa shape index (κ2) is 9.96. The van der Waals surface area contributed by atoms with Crippen LogP contribution in [0.25, 0.3) is 0 Å².